The molecule has 0 unspecified atom stereocenters. The van der Waals surface area contributed by atoms with E-state index in [4.69, 9.17) is 0 Å². The Bertz CT molecular complexity index is 933. The number of halogens is 1. The number of nitrogens with zero attached hydrogens (tertiary/aromatic N) is 3. The summed E-state index contributed by atoms with van der Waals surface area (Å²) in [5.41, 5.74) is 0.162. The van der Waals surface area contributed by atoms with Crippen LogP contribution in [0.2, 0.25) is 0 Å². The van der Waals surface area contributed by atoms with Crippen LogP contribution in [0.4, 0.5) is 10.1 Å². The molecule has 1 N–H and O–H groups in total. The first-order valence-electron chi connectivity index (χ1n) is 8.58. The largest absolute Gasteiger partial charge is 0.477 e. The Kier molecular flexibility index (Phi) is 4.40. The first-order valence-corrected chi connectivity index (χ1v) is 9.74. The van der Waals surface area contributed by atoms with E-state index in [9.17, 15) is 19.1 Å². The molecule has 8 heteroatoms. The minimum atomic E-state index is -1.28. The molecular formula is C18H20FN3O3S. The van der Waals surface area contributed by atoms with Gasteiger partial charge in [-0.05, 0) is 19.2 Å². The van der Waals surface area contributed by atoms with Gasteiger partial charge in [-0.25, -0.2) is 9.18 Å². The van der Waals surface area contributed by atoms with Gasteiger partial charge in [0.05, 0.1) is 17.2 Å². The topological polar surface area (TPSA) is 65.8 Å². The maximum atomic E-state index is 14.8. The molecule has 1 aromatic heterocycles. The van der Waals surface area contributed by atoms with Crippen LogP contribution in [0, 0.1) is 5.82 Å². The number of aromatic nitrogens is 1. The van der Waals surface area contributed by atoms with Gasteiger partial charge in [0.25, 0.3) is 0 Å². The lowest BCUT2D eigenvalue weighted by Gasteiger charge is -2.35. The molecular weight excluding hydrogens is 357 g/mol. The molecule has 0 atom stereocenters. The summed E-state index contributed by atoms with van der Waals surface area (Å²) in [6.45, 7) is 3.13. The zero-order valence-electron chi connectivity index (χ0n) is 14.4. The zero-order valence-corrected chi connectivity index (χ0v) is 15.3. The van der Waals surface area contributed by atoms with Crippen LogP contribution in [0.1, 0.15) is 16.4 Å². The van der Waals surface area contributed by atoms with Crippen LogP contribution < -0.4 is 10.3 Å². The maximum absolute atomic E-state index is 14.8. The van der Waals surface area contributed by atoms with E-state index in [1.165, 1.54) is 12.3 Å². The minimum Gasteiger partial charge on any atom is -0.477 e. The molecule has 6 nitrogen and oxygen atoms in total. The van der Waals surface area contributed by atoms with E-state index in [-0.39, 0.29) is 17.0 Å². The fraction of sp³-hybridized carbons (Fsp3) is 0.444. The third-order valence-electron chi connectivity index (χ3n) is 5.19. The number of benzene rings is 1. The summed E-state index contributed by atoms with van der Waals surface area (Å²) in [5, 5.41) is 9.49. The molecule has 3 heterocycles. The quantitative estimate of drug-likeness (QED) is 0.881. The number of piperazine rings is 1. The summed E-state index contributed by atoms with van der Waals surface area (Å²) in [6.07, 6.45) is 1.42. The second-order valence-electron chi connectivity index (χ2n) is 6.89. The lowest BCUT2D eigenvalue weighted by Crippen LogP contribution is -2.44. The van der Waals surface area contributed by atoms with E-state index in [0.29, 0.717) is 11.2 Å². The van der Waals surface area contributed by atoms with Crippen LogP contribution in [0.25, 0.3) is 10.9 Å². The van der Waals surface area contributed by atoms with Gasteiger partial charge in [0.15, 0.2) is 0 Å². The van der Waals surface area contributed by atoms with Crippen molar-refractivity contribution in [2.75, 3.05) is 49.6 Å². The highest BCUT2D eigenvalue weighted by atomic mass is 32.2. The normalized spacial score (nSPS) is 18.9. The van der Waals surface area contributed by atoms with Crippen molar-refractivity contribution in [3.8, 4) is 0 Å². The molecule has 2 aliphatic heterocycles. The maximum Gasteiger partial charge on any atom is 0.341 e. The van der Waals surface area contributed by atoms with Crippen molar-refractivity contribution < 1.29 is 14.3 Å². The van der Waals surface area contributed by atoms with E-state index < -0.39 is 17.2 Å². The Balaban J connectivity index is 1.89. The third-order valence-corrected chi connectivity index (χ3v) is 6.43. The van der Waals surface area contributed by atoms with Gasteiger partial charge >= 0.3 is 5.97 Å². The molecule has 2 saturated heterocycles. The summed E-state index contributed by atoms with van der Waals surface area (Å²) in [6, 6.07) is 3.05. The SMILES string of the molecule is CN1CCN(c2cc3c(cc2F)c(=O)c(C(=O)O)cn3C2CSC2)CC1. The number of pyridine rings is 1. The van der Waals surface area contributed by atoms with E-state index in [2.05, 4.69) is 4.90 Å². The highest BCUT2D eigenvalue weighted by Crippen LogP contribution is 2.33. The first-order chi connectivity index (χ1) is 12.5. The van der Waals surface area contributed by atoms with Gasteiger partial charge in [0, 0.05) is 49.3 Å². The summed E-state index contributed by atoms with van der Waals surface area (Å²) in [7, 11) is 2.04. The zero-order chi connectivity index (χ0) is 18.4. The van der Waals surface area contributed by atoms with Gasteiger partial charge in [-0.3, -0.25) is 4.79 Å². The Hall–Kier alpha value is -2.06. The van der Waals surface area contributed by atoms with Crippen LogP contribution >= 0.6 is 11.8 Å². The van der Waals surface area contributed by atoms with Crippen molar-refractivity contribution in [3.63, 3.8) is 0 Å². The Morgan fingerprint density at radius 2 is 1.92 bits per heavy atom. The van der Waals surface area contributed by atoms with Crippen LogP contribution in [-0.2, 0) is 0 Å². The molecule has 2 fully saturated rings. The smallest absolute Gasteiger partial charge is 0.341 e. The van der Waals surface area contributed by atoms with Gasteiger partial charge in [-0.2, -0.15) is 11.8 Å². The number of carbonyl (C=O) groups is 1. The number of fused-ring (bicyclic) bond motifs is 1. The number of hydrogen-bond acceptors (Lipinski definition) is 5. The Morgan fingerprint density at radius 1 is 1.23 bits per heavy atom. The number of carboxylic acids is 1. The second-order valence-corrected chi connectivity index (χ2v) is 7.96. The Labute approximate surface area is 154 Å². The summed E-state index contributed by atoms with van der Waals surface area (Å²) < 4.78 is 16.6. The predicted molar refractivity (Wildman–Crippen MR) is 101 cm³/mol. The molecule has 0 amide bonds. The number of hydrogen-bond donors (Lipinski definition) is 1. The number of rotatable bonds is 3. The van der Waals surface area contributed by atoms with Crippen molar-refractivity contribution in [1.82, 2.24) is 9.47 Å². The minimum absolute atomic E-state index is 0.131. The van der Waals surface area contributed by atoms with Crippen LogP contribution in [0.15, 0.2) is 23.1 Å². The van der Waals surface area contributed by atoms with Crippen molar-refractivity contribution in [2.45, 2.75) is 6.04 Å². The van der Waals surface area contributed by atoms with Gasteiger partial charge in [-0.1, -0.05) is 0 Å². The molecule has 2 aliphatic rings. The summed E-state index contributed by atoms with van der Waals surface area (Å²) in [5.74, 6) is -0.0337. The number of aromatic carboxylic acids is 1. The molecule has 1 aromatic carbocycles. The fourth-order valence-corrected chi connectivity index (χ4v) is 4.25. The molecule has 4 rings (SSSR count). The number of likely N-dealkylation sites (N-methyl/N-ethyl adjacent to an activating group) is 1. The van der Waals surface area contributed by atoms with Gasteiger partial charge < -0.3 is 19.5 Å². The van der Waals surface area contributed by atoms with Gasteiger partial charge in [0.1, 0.15) is 11.4 Å². The molecule has 2 aromatic rings. The van der Waals surface area contributed by atoms with Crippen LogP contribution in [0.3, 0.4) is 0 Å². The lowest BCUT2D eigenvalue weighted by molar-refractivity contribution is 0.0694. The summed E-state index contributed by atoms with van der Waals surface area (Å²) in [4.78, 5) is 28.2. The molecule has 26 heavy (non-hydrogen) atoms. The molecule has 0 saturated carbocycles. The molecule has 0 aliphatic carbocycles. The third kappa shape index (κ3) is 2.87. The van der Waals surface area contributed by atoms with E-state index in [0.717, 1.165) is 37.7 Å². The second kappa shape index (κ2) is 6.59. The molecule has 0 radical (unpaired) electrons. The molecule has 138 valence electrons. The van der Waals surface area contributed by atoms with Crippen molar-refractivity contribution in [3.05, 3.63) is 39.9 Å². The predicted octanol–water partition coefficient (Wildman–Crippen LogP) is 1.88. The van der Waals surface area contributed by atoms with Crippen LogP contribution in [0.5, 0.6) is 0 Å². The van der Waals surface area contributed by atoms with Crippen molar-refractivity contribution in [2.24, 2.45) is 0 Å². The van der Waals surface area contributed by atoms with Crippen LogP contribution in [-0.4, -0.2) is 65.3 Å². The number of anilines is 1. The fourth-order valence-electron chi connectivity index (χ4n) is 3.49. The van der Waals surface area contributed by atoms with Crippen molar-refractivity contribution >= 4 is 34.3 Å². The van der Waals surface area contributed by atoms with Crippen molar-refractivity contribution in [1.29, 1.82) is 0 Å². The highest BCUT2D eigenvalue weighted by Gasteiger charge is 2.26. The van der Waals surface area contributed by atoms with Gasteiger partial charge in [-0.15, -0.1) is 0 Å². The molecule has 0 bridgehead atoms. The average molecular weight is 377 g/mol. The Morgan fingerprint density at radius 3 is 2.50 bits per heavy atom. The van der Waals surface area contributed by atoms with E-state index in [1.807, 2.05) is 16.5 Å². The average Bonchev–Trinajstić information content (AvgIpc) is 2.56. The summed E-state index contributed by atoms with van der Waals surface area (Å²) >= 11 is 1.77. The number of carboxylic acid groups (broad SMARTS) is 1. The standard InChI is InChI=1S/C18H20FN3O3S/c1-20-2-4-21(5-3-20)16-7-15-12(6-14(16)19)17(23)13(18(24)25)8-22(15)11-9-26-10-11/h6-8,11H,2-5,9-10H2,1H3,(H,24,25). The van der Waals surface area contributed by atoms with Gasteiger partial charge in [0.2, 0.25) is 5.43 Å². The highest BCUT2D eigenvalue weighted by molar-refractivity contribution is 8.00. The van der Waals surface area contributed by atoms with E-state index in [1.54, 1.807) is 17.8 Å². The number of thioether (sulfide) groups is 1. The monoisotopic (exact) mass is 377 g/mol. The molecule has 0 spiro atoms. The van der Waals surface area contributed by atoms with E-state index >= 15 is 0 Å². The first kappa shape index (κ1) is 17.4. The lowest BCUT2D eigenvalue weighted by atomic mass is 10.1.